The second kappa shape index (κ2) is 17.0. The van der Waals surface area contributed by atoms with Crippen molar-refractivity contribution < 1.29 is 33.2 Å². The Morgan fingerprint density at radius 2 is 1.69 bits per heavy atom. The van der Waals surface area contributed by atoms with Crippen molar-refractivity contribution in [1.82, 2.24) is 25.8 Å². The van der Waals surface area contributed by atoms with Gasteiger partial charge in [-0.15, -0.1) is 0 Å². The molecular weight excluding hydrogens is 834 g/mol. The number of aryl methyl sites for hydroxylation is 2. The van der Waals surface area contributed by atoms with Crippen LogP contribution in [0.2, 0.25) is 10.0 Å². The molecule has 15 heteroatoms. The minimum Gasteiger partial charge on any atom is -0.352 e. The van der Waals surface area contributed by atoms with E-state index in [4.69, 9.17) is 23.2 Å². The van der Waals surface area contributed by atoms with Crippen molar-refractivity contribution in [2.75, 3.05) is 18.4 Å². The summed E-state index contributed by atoms with van der Waals surface area (Å²) in [7, 11) is 0. The van der Waals surface area contributed by atoms with Gasteiger partial charge in [0.2, 0.25) is 17.7 Å². The van der Waals surface area contributed by atoms with E-state index >= 15 is 4.39 Å². The number of nitrogens with one attached hydrogen (secondary N) is 4. The number of nitrogens with zero attached hydrogens (tertiary/aromatic N) is 2. The Labute approximate surface area is 367 Å². The highest BCUT2D eigenvalue weighted by Gasteiger charge is 2.57. The molecule has 320 valence electrons. The van der Waals surface area contributed by atoms with Crippen molar-refractivity contribution in [3.63, 3.8) is 0 Å². The van der Waals surface area contributed by atoms with Crippen LogP contribution in [0.3, 0.4) is 0 Å². The lowest BCUT2D eigenvalue weighted by Crippen LogP contribution is -2.54. The molecule has 0 bridgehead atoms. The number of piperidine rings is 1. The molecule has 12 nitrogen and oxygen atoms in total. The summed E-state index contributed by atoms with van der Waals surface area (Å²) in [6, 6.07) is 20.5. The second-order valence-electron chi connectivity index (χ2n) is 17.0. The Bertz CT molecular complexity index is 2510. The Hall–Kier alpha value is -5.47. The lowest BCUT2D eigenvalue weighted by molar-refractivity contribution is -0.136. The molecule has 0 spiro atoms. The van der Waals surface area contributed by atoms with E-state index in [0.717, 1.165) is 28.9 Å². The highest BCUT2D eigenvalue weighted by atomic mass is 35.5. The van der Waals surface area contributed by atoms with Gasteiger partial charge in [0.05, 0.1) is 22.2 Å². The Morgan fingerprint density at radius 1 is 0.919 bits per heavy atom. The van der Waals surface area contributed by atoms with Gasteiger partial charge in [-0.05, 0) is 110 Å². The monoisotopic (exact) mass is 878 g/mol. The summed E-state index contributed by atoms with van der Waals surface area (Å²) < 4.78 is 16.0. The molecule has 4 heterocycles. The molecule has 4 fully saturated rings. The fraction of sp³-hybridized carbons (Fsp3) is 0.362. The number of hydrogen-bond donors (Lipinski definition) is 4. The predicted octanol–water partition coefficient (Wildman–Crippen LogP) is 6.49. The molecule has 0 aromatic heterocycles. The maximum absolute atomic E-state index is 16.0. The summed E-state index contributed by atoms with van der Waals surface area (Å²) in [6.45, 7) is 2.92. The molecule has 0 radical (unpaired) electrons. The third kappa shape index (κ3) is 7.91. The predicted molar refractivity (Wildman–Crippen MR) is 230 cm³/mol. The standard InChI is InChI=1S/C47H45Cl2FN6O6/c1-24-10-17-29(48)21-33(24)53-45(60)42-39(30-7-3-9-32(49)40(30)50)41-36(55(42)23-25-11-12-25)22-34(52-41)26-13-15-28(16-14-26)43(58)51-20-4-6-27-5-2-8-31-38(27)47(62)56(46(31)61)35-18-19-37(57)54-44(35)59/h2-3,5,7-10,13-17,21,25,34-36,39,41-42,52H,4,6,11-12,18-20,22-23H2,1H3,(H,51,58)(H,53,60)(H,54,57,59)/t34-,35?,36+,39+,41-,42-/m1/s1. The van der Waals surface area contributed by atoms with Gasteiger partial charge in [-0.2, -0.15) is 0 Å². The molecule has 9 rings (SSSR count). The van der Waals surface area contributed by atoms with Crippen LogP contribution in [-0.2, 0) is 20.8 Å². The number of rotatable bonds is 12. The van der Waals surface area contributed by atoms with E-state index in [-0.39, 0.29) is 58.9 Å². The fourth-order valence-corrected chi connectivity index (χ4v) is 10.2. The molecule has 1 saturated carbocycles. The van der Waals surface area contributed by atoms with E-state index in [1.807, 2.05) is 25.1 Å². The number of halogens is 3. The second-order valence-corrected chi connectivity index (χ2v) is 17.9. The van der Waals surface area contributed by atoms with Crippen LogP contribution >= 0.6 is 23.2 Å². The van der Waals surface area contributed by atoms with Crippen LogP contribution in [0.5, 0.6) is 0 Å². The lowest BCUT2D eigenvalue weighted by Gasteiger charge is -2.32. The highest BCUT2D eigenvalue weighted by molar-refractivity contribution is 6.31. The number of imide groups is 2. The lowest BCUT2D eigenvalue weighted by atomic mass is 9.86. The van der Waals surface area contributed by atoms with Crippen molar-refractivity contribution >= 4 is 64.3 Å². The maximum Gasteiger partial charge on any atom is 0.262 e. The third-order valence-electron chi connectivity index (χ3n) is 13.1. The van der Waals surface area contributed by atoms with Gasteiger partial charge in [-0.3, -0.25) is 43.9 Å². The molecule has 4 aromatic rings. The van der Waals surface area contributed by atoms with Gasteiger partial charge in [0.25, 0.3) is 17.7 Å². The van der Waals surface area contributed by atoms with Gasteiger partial charge < -0.3 is 16.0 Å². The molecule has 6 amide bonds. The highest BCUT2D eigenvalue weighted by Crippen LogP contribution is 2.49. The molecule has 62 heavy (non-hydrogen) atoms. The normalized spacial score (nSPS) is 24.5. The quantitative estimate of drug-likeness (QED) is 0.0930. The summed E-state index contributed by atoms with van der Waals surface area (Å²) >= 11 is 12.7. The van der Waals surface area contributed by atoms with E-state index in [2.05, 4.69) is 26.2 Å². The van der Waals surface area contributed by atoms with Crippen molar-refractivity contribution in [2.45, 2.75) is 88.0 Å². The molecule has 4 N–H and O–H groups in total. The van der Waals surface area contributed by atoms with E-state index in [0.29, 0.717) is 65.7 Å². The number of likely N-dealkylation sites (tertiary alicyclic amines) is 1. The number of benzene rings is 4. The zero-order valence-electron chi connectivity index (χ0n) is 33.9. The molecule has 5 aliphatic rings. The zero-order chi connectivity index (χ0) is 43.4. The fourth-order valence-electron chi connectivity index (χ4n) is 9.81. The molecule has 4 aliphatic heterocycles. The minimum atomic E-state index is -1.05. The largest absolute Gasteiger partial charge is 0.352 e. The van der Waals surface area contributed by atoms with E-state index in [1.54, 1.807) is 54.6 Å². The first-order valence-electron chi connectivity index (χ1n) is 21.1. The number of carbonyl (C=O) groups excluding carboxylic acids is 6. The van der Waals surface area contributed by atoms with Crippen molar-refractivity contribution in [1.29, 1.82) is 0 Å². The molecule has 6 atom stereocenters. The summed E-state index contributed by atoms with van der Waals surface area (Å²) in [6.07, 6.45) is 3.83. The average Bonchev–Trinajstić information content (AvgIpc) is 3.81. The SMILES string of the molecule is Cc1ccc(Cl)cc1NC(=O)[C@H]1[C@@H](c2cccc(Cl)c2F)[C@@H]2N[C@@H](c3ccc(C(=O)NCCCc4cccc5c4C(=O)N(C4CCC(=O)NC4=O)C5=O)cc3)C[C@@H]2N1CC1CC1. The van der Waals surface area contributed by atoms with Crippen molar-refractivity contribution in [3.8, 4) is 0 Å². The summed E-state index contributed by atoms with van der Waals surface area (Å²) in [5.74, 6) is -3.33. The van der Waals surface area contributed by atoms with Gasteiger partial charge >= 0.3 is 0 Å². The van der Waals surface area contributed by atoms with Crippen LogP contribution in [0.15, 0.2) is 78.9 Å². The first kappa shape index (κ1) is 41.9. The Morgan fingerprint density at radius 3 is 2.45 bits per heavy atom. The van der Waals surface area contributed by atoms with Crippen LogP contribution in [0, 0.1) is 18.7 Å². The molecule has 1 aliphatic carbocycles. The van der Waals surface area contributed by atoms with E-state index < -0.39 is 47.4 Å². The van der Waals surface area contributed by atoms with Crippen LogP contribution < -0.4 is 21.3 Å². The van der Waals surface area contributed by atoms with Gasteiger partial charge in [0, 0.05) is 59.8 Å². The zero-order valence-corrected chi connectivity index (χ0v) is 35.4. The van der Waals surface area contributed by atoms with Crippen LogP contribution in [-0.4, -0.2) is 82.5 Å². The van der Waals surface area contributed by atoms with Crippen LogP contribution in [0.1, 0.15) is 104 Å². The topological polar surface area (TPSA) is 157 Å². The van der Waals surface area contributed by atoms with E-state index in [1.165, 1.54) is 6.07 Å². The molecule has 1 unspecified atom stereocenters. The summed E-state index contributed by atoms with van der Waals surface area (Å²) in [5, 5.41) is 12.6. The number of fused-ring (bicyclic) bond motifs is 2. The number of anilines is 1. The smallest absolute Gasteiger partial charge is 0.262 e. The third-order valence-corrected chi connectivity index (χ3v) is 13.6. The number of carbonyl (C=O) groups is 6. The molecular formula is C47H45Cl2FN6O6. The van der Waals surface area contributed by atoms with Crippen LogP contribution in [0.4, 0.5) is 10.1 Å². The average molecular weight is 880 g/mol. The first-order valence-corrected chi connectivity index (χ1v) is 21.9. The summed E-state index contributed by atoms with van der Waals surface area (Å²) in [4.78, 5) is 81.8. The Balaban J connectivity index is 0.865. The van der Waals surface area contributed by atoms with Crippen LogP contribution in [0.25, 0.3) is 0 Å². The minimum absolute atomic E-state index is 0.00137. The van der Waals surface area contributed by atoms with E-state index in [9.17, 15) is 28.8 Å². The van der Waals surface area contributed by atoms with Gasteiger partial charge in [0.15, 0.2) is 0 Å². The van der Waals surface area contributed by atoms with Gasteiger partial charge in [0.1, 0.15) is 11.9 Å². The molecule has 4 aromatic carbocycles. The maximum atomic E-state index is 16.0. The Kier molecular flexibility index (Phi) is 11.5. The summed E-state index contributed by atoms with van der Waals surface area (Å²) in [5.41, 5.74) is 4.41. The number of amides is 6. The van der Waals surface area contributed by atoms with Gasteiger partial charge in [-0.25, -0.2) is 4.39 Å². The van der Waals surface area contributed by atoms with Crippen molar-refractivity contribution in [3.05, 3.63) is 134 Å². The molecule has 3 saturated heterocycles. The van der Waals surface area contributed by atoms with Gasteiger partial charge in [-0.1, -0.05) is 65.7 Å². The number of hydrogen-bond acceptors (Lipinski definition) is 8. The van der Waals surface area contributed by atoms with Crippen molar-refractivity contribution in [2.24, 2.45) is 5.92 Å². The first-order chi connectivity index (χ1) is 29.9.